The van der Waals surface area contributed by atoms with Gasteiger partial charge < -0.3 is 0 Å². The molecule has 0 bridgehead atoms. The summed E-state index contributed by atoms with van der Waals surface area (Å²) in [4.78, 5) is 25.2. The SMILES string of the molecule is CCCCCCC#Cc1cc2c3c(cccc3c1)C(=O)N(OSC(F)(F)F)C2=O. The van der Waals surface area contributed by atoms with Gasteiger partial charge in [0.25, 0.3) is 11.8 Å². The van der Waals surface area contributed by atoms with Crippen molar-refractivity contribution < 1.29 is 27.0 Å². The van der Waals surface area contributed by atoms with Crippen molar-refractivity contribution >= 4 is 34.6 Å². The highest BCUT2D eigenvalue weighted by atomic mass is 32.2. The van der Waals surface area contributed by atoms with Crippen molar-refractivity contribution in [1.82, 2.24) is 5.06 Å². The molecule has 4 nitrogen and oxygen atoms in total. The molecular formula is C21H18F3NO3S. The van der Waals surface area contributed by atoms with Crippen molar-refractivity contribution in [2.24, 2.45) is 0 Å². The van der Waals surface area contributed by atoms with Crippen LogP contribution in [0.5, 0.6) is 0 Å². The minimum Gasteiger partial charge on any atom is -0.266 e. The topological polar surface area (TPSA) is 46.6 Å². The molecule has 0 saturated heterocycles. The molecule has 0 radical (unpaired) electrons. The largest absolute Gasteiger partial charge is 0.470 e. The van der Waals surface area contributed by atoms with Crippen LogP contribution < -0.4 is 0 Å². The van der Waals surface area contributed by atoms with Gasteiger partial charge in [0, 0.05) is 17.4 Å². The van der Waals surface area contributed by atoms with E-state index in [2.05, 4.69) is 23.0 Å². The monoisotopic (exact) mass is 421 g/mol. The molecule has 2 aromatic carbocycles. The lowest BCUT2D eigenvalue weighted by molar-refractivity contribution is -0.0570. The van der Waals surface area contributed by atoms with Gasteiger partial charge in [-0.15, -0.1) is 5.06 Å². The number of hydrogen-bond acceptors (Lipinski definition) is 4. The van der Waals surface area contributed by atoms with E-state index in [9.17, 15) is 22.8 Å². The van der Waals surface area contributed by atoms with E-state index in [1.54, 1.807) is 18.2 Å². The number of alkyl halides is 3. The van der Waals surface area contributed by atoms with Crippen molar-refractivity contribution in [2.45, 2.75) is 44.5 Å². The van der Waals surface area contributed by atoms with Crippen LogP contribution in [0.1, 0.15) is 65.3 Å². The summed E-state index contributed by atoms with van der Waals surface area (Å²) in [5.41, 5.74) is -3.99. The number of halogens is 3. The minimum atomic E-state index is -4.75. The van der Waals surface area contributed by atoms with E-state index in [-0.39, 0.29) is 16.2 Å². The Balaban J connectivity index is 1.92. The summed E-state index contributed by atoms with van der Waals surface area (Å²) in [7, 11) is 0. The summed E-state index contributed by atoms with van der Waals surface area (Å²) in [5, 5.41) is 1.17. The van der Waals surface area contributed by atoms with Crippen molar-refractivity contribution in [3.63, 3.8) is 0 Å². The van der Waals surface area contributed by atoms with E-state index in [1.807, 2.05) is 0 Å². The first kappa shape index (κ1) is 21.2. The molecule has 1 aliphatic heterocycles. The van der Waals surface area contributed by atoms with E-state index < -0.39 is 29.4 Å². The van der Waals surface area contributed by atoms with E-state index in [0.29, 0.717) is 16.3 Å². The van der Waals surface area contributed by atoms with Crippen LogP contribution in [0.25, 0.3) is 10.8 Å². The molecule has 1 aliphatic rings. The molecule has 0 N–H and O–H groups in total. The maximum atomic E-state index is 12.7. The lowest BCUT2D eigenvalue weighted by Gasteiger charge is -2.25. The summed E-state index contributed by atoms with van der Waals surface area (Å²) in [6.07, 6.45) is 5.09. The van der Waals surface area contributed by atoms with Crippen molar-refractivity contribution in [2.75, 3.05) is 0 Å². The standard InChI is InChI=1S/C21H18F3NO3S/c1-2-3-4-5-6-7-9-14-12-15-10-8-11-16-18(15)17(13-14)20(27)25(19(16)26)28-29-21(22,23)24/h8,10-13H,2-6H2,1H3. The Morgan fingerprint density at radius 1 is 1.07 bits per heavy atom. The fraction of sp³-hybridized carbons (Fsp3) is 0.333. The molecule has 0 aliphatic carbocycles. The Kier molecular flexibility index (Phi) is 6.50. The van der Waals surface area contributed by atoms with Crippen LogP contribution in [0, 0.1) is 11.8 Å². The number of hydroxylamine groups is 2. The van der Waals surface area contributed by atoms with Crippen LogP contribution in [0.4, 0.5) is 13.2 Å². The number of imide groups is 1. The Labute approximate surface area is 170 Å². The third-order valence-corrected chi connectivity index (χ3v) is 4.81. The van der Waals surface area contributed by atoms with Crippen LogP contribution in [0.15, 0.2) is 30.3 Å². The molecule has 0 atom stereocenters. The normalized spacial score (nSPS) is 13.6. The Hall–Kier alpha value is -2.50. The van der Waals surface area contributed by atoms with Crippen LogP contribution in [0.3, 0.4) is 0 Å². The maximum Gasteiger partial charge on any atom is 0.470 e. The van der Waals surface area contributed by atoms with Gasteiger partial charge in [-0.25, -0.2) is 0 Å². The van der Waals surface area contributed by atoms with Gasteiger partial charge in [0.2, 0.25) is 0 Å². The van der Waals surface area contributed by atoms with Gasteiger partial charge >= 0.3 is 5.51 Å². The number of rotatable bonds is 6. The van der Waals surface area contributed by atoms with Gasteiger partial charge in [0.1, 0.15) is 12.0 Å². The molecule has 2 aromatic rings. The summed E-state index contributed by atoms with van der Waals surface area (Å²) in [6.45, 7) is 2.13. The van der Waals surface area contributed by atoms with Gasteiger partial charge in [-0.05, 0) is 30.0 Å². The summed E-state index contributed by atoms with van der Waals surface area (Å²) in [6, 6.07) is 8.05. The smallest absolute Gasteiger partial charge is 0.266 e. The maximum absolute atomic E-state index is 12.7. The minimum absolute atomic E-state index is 0.0933. The molecular weight excluding hydrogens is 403 g/mol. The Bertz CT molecular complexity index is 1010. The summed E-state index contributed by atoms with van der Waals surface area (Å²) in [5.74, 6) is 4.19. The van der Waals surface area contributed by atoms with Gasteiger partial charge in [-0.2, -0.15) is 17.5 Å². The number of unbranched alkanes of at least 4 members (excludes halogenated alkanes) is 4. The van der Waals surface area contributed by atoms with E-state index in [0.717, 1.165) is 32.1 Å². The van der Waals surface area contributed by atoms with E-state index in [1.165, 1.54) is 12.1 Å². The third-order valence-electron chi connectivity index (χ3n) is 4.40. The van der Waals surface area contributed by atoms with Crippen molar-refractivity contribution in [3.8, 4) is 11.8 Å². The molecule has 3 rings (SSSR count). The number of carbonyl (C=O) groups is 2. The summed E-state index contributed by atoms with van der Waals surface area (Å²) >= 11 is -0.904. The molecule has 0 aromatic heterocycles. The van der Waals surface area contributed by atoms with Crippen molar-refractivity contribution in [3.05, 3.63) is 47.0 Å². The third kappa shape index (κ3) is 4.92. The molecule has 1 heterocycles. The first-order valence-corrected chi connectivity index (χ1v) is 9.93. The fourth-order valence-corrected chi connectivity index (χ4v) is 3.40. The lowest BCUT2D eigenvalue weighted by atomic mass is 9.93. The number of nitrogens with zero attached hydrogens (tertiary/aromatic N) is 1. The van der Waals surface area contributed by atoms with Gasteiger partial charge in [-0.3, -0.25) is 9.59 Å². The summed E-state index contributed by atoms with van der Waals surface area (Å²) < 4.78 is 41.8. The predicted molar refractivity (Wildman–Crippen MR) is 105 cm³/mol. The molecule has 0 fully saturated rings. The highest BCUT2D eigenvalue weighted by Gasteiger charge is 2.39. The average Bonchev–Trinajstić information content (AvgIpc) is 2.67. The van der Waals surface area contributed by atoms with E-state index in [4.69, 9.17) is 0 Å². The number of benzene rings is 2. The van der Waals surface area contributed by atoms with Crippen LogP contribution in [0.2, 0.25) is 0 Å². The number of hydrogen-bond donors (Lipinski definition) is 0. The fourth-order valence-electron chi connectivity index (χ4n) is 3.11. The van der Waals surface area contributed by atoms with Crippen molar-refractivity contribution in [1.29, 1.82) is 0 Å². The Morgan fingerprint density at radius 3 is 2.55 bits per heavy atom. The molecule has 152 valence electrons. The second-order valence-electron chi connectivity index (χ2n) is 6.55. The zero-order valence-corrected chi connectivity index (χ0v) is 16.5. The predicted octanol–water partition coefficient (Wildman–Crippen LogP) is 5.86. The van der Waals surface area contributed by atoms with Crippen LogP contribution >= 0.6 is 12.0 Å². The molecule has 0 spiro atoms. The quantitative estimate of drug-likeness (QED) is 0.254. The number of carbonyl (C=O) groups excluding carboxylic acids is 2. The first-order valence-electron chi connectivity index (χ1n) is 9.19. The average molecular weight is 421 g/mol. The second-order valence-corrected chi connectivity index (χ2v) is 7.33. The van der Waals surface area contributed by atoms with E-state index >= 15 is 0 Å². The highest BCUT2D eigenvalue weighted by Crippen LogP contribution is 2.36. The molecule has 2 amide bonds. The molecule has 0 unspecified atom stereocenters. The second kappa shape index (κ2) is 8.89. The number of amides is 2. The van der Waals surface area contributed by atoms with Crippen LogP contribution in [-0.4, -0.2) is 22.4 Å². The molecule has 8 heteroatoms. The molecule has 29 heavy (non-hydrogen) atoms. The zero-order valence-electron chi connectivity index (χ0n) is 15.6. The highest BCUT2D eigenvalue weighted by molar-refractivity contribution is 7.95. The first-order chi connectivity index (χ1) is 13.8. The van der Waals surface area contributed by atoms with Gasteiger partial charge in [0.15, 0.2) is 0 Å². The Morgan fingerprint density at radius 2 is 1.83 bits per heavy atom. The van der Waals surface area contributed by atoms with Gasteiger partial charge in [-0.1, -0.05) is 50.2 Å². The molecule has 0 saturated carbocycles. The lowest BCUT2D eigenvalue weighted by Crippen LogP contribution is -2.39. The zero-order chi connectivity index (χ0) is 21.0. The van der Waals surface area contributed by atoms with Crippen LogP contribution in [-0.2, 0) is 4.28 Å². The van der Waals surface area contributed by atoms with Gasteiger partial charge in [0.05, 0.1) is 11.1 Å².